The molecule has 296 valence electrons. The standard InChI is InChI=1S/C61H42N2/c1-3-17-41(4-2)42-30-35-46(36-31-42)62(47-37-32-43(33-38-47)44-34-39-58-52(40-44)50-22-11-15-28-57(50)63(58)45-18-6-5-7-19-45)59-29-16-27-56-60(59)51-23-10-14-26-55(51)61(56)53-24-12-8-20-48(53)49-21-9-13-25-54(49)61/h3-40H,1-2H2/b41-17+. The molecule has 2 aliphatic carbocycles. The number of nitrogens with zero attached hydrogens (tertiary/aromatic N) is 2. The molecule has 1 heterocycles. The van der Waals surface area contributed by atoms with Crippen LogP contribution in [0.1, 0.15) is 27.8 Å². The van der Waals surface area contributed by atoms with Gasteiger partial charge in [-0.15, -0.1) is 0 Å². The number of hydrogen-bond donors (Lipinski definition) is 0. The molecule has 0 amide bonds. The van der Waals surface area contributed by atoms with Crippen molar-refractivity contribution in [3.8, 4) is 39.1 Å². The van der Waals surface area contributed by atoms with Gasteiger partial charge < -0.3 is 9.47 Å². The van der Waals surface area contributed by atoms with Crippen molar-refractivity contribution in [2.75, 3.05) is 4.90 Å². The third-order valence-electron chi connectivity index (χ3n) is 13.4. The Kier molecular flexibility index (Phi) is 8.42. The van der Waals surface area contributed by atoms with E-state index >= 15 is 0 Å². The van der Waals surface area contributed by atoms with Crippen LogP contribution in [-0.4, -0.2) is 4.57 Å². The summed E-state index contributed by atoms with van der Waals surface area (Å²) in [6.45, 7) is 8.03. The largest absolute Gasteiger partial charge is 0.310 e. The van der Waals surface area contributed by atoms with Crippen LogP contribution in [-0.2, 0) is 5.41 Å². The Labute approximate surface area is 368 Å². The Morgan fingerprint density at radius 3 is 1.70 bits per heavy atom. The van der Waals surface area contributed by atoms with Gasteiger partial charge in [-0.25, -0.2) is 0 Å². The molecule has 0 bridgehead atoms. The monoisotopic (exact) mass is 802 g/mol. The van der Waals surface area contributed by atoms with Gasteiger partial charge in [0.15, 0.2) is 0 Å². The molecule has 0 N–H and O–H groups in total. The summed E-state index contributed by atoms with van der Waals surface area (Å²) in [5.41, 5.74) is 21.3. The molecular weight excluding hydrogens is 761 g/mol. The summed E-state index contributed by atoms with van der Waals surface area (Å²) in [4.78, 5) is 2.44. The second-order valence-corrected chi connectivity index (χ2v) is 16.5. The van der Waals surface area contributed by atoms with Crippen molar-refractivity contribution in [1.82, 2.24) is 4.57 Å². The lowest BCUT2D eigenvalue weighted by atomic mass is 9.70. The number of rotatable bonds is 8. The lowest BCUT2D eigenvalue weighted by Crippen LogP contribution is -2.26. The van der Waals surface area contributed by atoms with Crippen molar-refractivity contribution in [1.29, 1.82) is 0 Å². The zero-order valence-corrected chi connectivity index (χ0v) is 34.7. The number of hydrogen-bond acceptors (Lipinski definition) is 1. The molecule has 1 spiro atoms. The first-order valence-corrected chi connectivity index (χ1v) is 21.7. The van der Waals surface area contributed by atoms with Gasteiger partial charge in [-0.1, -0.05) is 183 Å². The highest BCUT2D eigenvalue weighted by atomic mass is 15.1. The summed E-state index contributed by atoms with van der Waals surface area (Å²) in [5, 5.41) is 2.49. The summed E-state index contributed by atoms with van der Waals surface area (Å²) in [6.07, 6.45) is 5.71. The van der Waals surface area contributed by atoms with Crippen molar-refractivity contribution in [3.05, 3.63) is 272 Å². The van der Waals surface area contributed by atoms with Gasteiger partial charge in [0.1, 0.15) is 0 Å². The third-order valence-corrected chi connectivity index (χ3v) is 13.4. The number of para-hydroxylation sites is 2. The molecule has 0 unspecified atom stereocenters. The molecule has 0 saturated carbocycles. The normalized spacial score (nSPS) is 13.1. The van der Waals surface area contributed by atoms with E-state index in [4.69, 9.17) is 0 Å². The van der Waals surface area contributed by atoms with E-state index < -0.39 is 5.41 Å². The predicted octanol–water partition coefficient (Wildman–Crippen LogP) is 16.0. The van der Waals surface area contributed by atoms with Gasteiger partial charge in [0.25, 0.3) is 0 Å². The van der Waals surface area contributed by atoms with Gasteiger partial charge in [0, 0.05) is 33.4 Å². The van der Waals surface area contributed by atoms with Gasteiger partial charge in [0.05, 0.1) is 22.1 Å². The summed E-state index contributed by atoms with van der Waals surface area (Å²) >= 11 is 0. The van der Waals surface area contributed by atoms with E-state index in [-0.39, 0.29) is 0 Å². The zero-order valence-electron chi connectivity index (χ0n) is 34.7. The molecule has 2 aliphatic rings. The van der Waals surface area contributed by atoms with Crippen LogP contribution in [0, 0.1) is 0 Å². The predicted molar refractivity (Wildman–Crippen MR) is 266 cm³/mol. The van der Waals surface area contributed by atoms with Crippen molar-refractivity contribution >= 4 is 44.4 Å². The Morgan fingerprint density at radius 2 is 1.02 bits per heavy atom. The molecule has 0 aliphatic heterocycles. The van der Waals surface area contributed by atoms with E-state index in [1.807, 2.05) is 18.2 Å². The second-order valence-electron chi connectivity index (χ2n) is 16.5. The van der Waals surface area contributed by atoms with Crippen molar-refractivity contribution < 1.29 is 0 Å². The van der Waals surface area contributed by atoms with E-state index in [0.29, 0.717) is 0 Å². The number of allylic oxidation sites excluding steroid dienone is 4. The Balaban J connectivity index is 1.04. The highest BCUT2D eigenvalue weighted by Crippen LogP contribution is 2.64. The first kappa shape index (κ1) is 36.6. The van der Waals surface area contributed by atoms with Gasteiger partial charge in [-0.05, 0) is 122 Å². The highest BCUT2D eigenvalue weighted by molar-refractivity contribution is 6.10. The van der Waals surface area contributed by atoms with E-state index in [2.05, 4.69) is 235 Å². The van der Waals surface area contributed by atoms with Crippen LogP contribution in [0.25, 0.3) is 66.4 Å². The van der Waals surface area contributed by atoms with Crippen LogP contribution in [0.3, 0.4) is 0 Å². The Hall–Kier alpha value is -8.20. The van der Waals surface area contributed by atoms with E-state index in [9.17, 15) is 0 Å². The first-order chi connectivity index (χ1) is 31.2. The van der Waals surface area contributed by atoms with E-state index in [1.54, 1.807) is 0 Å². The maximum absolute atomic E-state index is 4.09. The lowest BCUT2D eigenvalue weighted by Gasteiger charge is -2.32. The molecule has 0 atom stereocenters. The summed E-state index contributed by atoms with van der Waals surface area (Å²) in [5.74, 6) is 0. The van der Waals surface area contributed by atoms with Gasteiger partial charge >= 0.3 is 0 Å². The van der Waals surface area contributed by atoms with Gasteiger partial charge in [0.2, 0.25) is 0 Å². The number of benzene rings is 9. The minimum atomic E-state index is -0.439. The Bertz CT molecular complexity index is 3430. The van der Waals surface area contributed by atoms with Crippen molar-refractivity contribution in [3.63, 3.8) is 0 Å². The fourth-order valence-corrected chi connectivity index (χ4v) is 10.8. The van der Waals surface area contributed by atoms with Crippen LogP contribution in [0.5, 0.6) is 0 Å². The quantitative estimate of drug-likeness (QED) is 0.139. The Morgan fingerprint density at radius 1 is 0.460 bits per heavy atom. The summed E-state index contributed by atoms with van der Waals surface area (Å²) in [7, 11) is 0. The molecule has 2 heteroatoms. The number of anilines is 3. The average Bonchev–Trinajstić information content (AvgIpc) is 3.96. The fraction of sp³-hybridized carbons (Fsp3) is 0.0164. The van der Waals surface area contributed by atoms with Crippen molar-refractivity contribution in [2.45, 2.75) is 5.41 Å². The van der Waals surface area contributed by atoms with Crippen LogP contribution >= 0.6 is 0 Å². The second kappa shape index (κ2) is 14.5. The smallest absolute Gasteiger partial charge is 0.0726 e. The van der Waals surface area contributed by atoms with Crippen LogP contribution in [0.2, 0.25) is 0 Å². The highest BCUT2D eigenvalue weighted by Gasteiger charge is 2.52. The molecule has 2 nitrogen and oxygen atoms in total. The van der Waals surface area contributed by atoms with E-state index in [0.717, 1.165) is 33.9 Å². The van der Waals surface area contributed by atoms with E-state index in [1.165, 1.54) is 77.4 Å². The minimum absolute atomic E-state index is 0.439. The van der Waals surface area contributed by atoms with Gasteiger partial charge in [-0.2, -0.15) is 0 Å². The topological polar surface area (TPSA) is 8.17 Å². The molecule has 0 saturated heterocycles. The van der Waals surface area contributed by atoms with Crippen LogP contribution < -0.4 is 4.90 Å². The van der Waals surface area contributed by atoms with Crippen molar-refractivity contribution in [2.24, 2.45) is 0 Å². The van der Waals surface area contributed by atoms with Crippen LogP contribution in [0.4, 0.5) is 17.1 Å². The average molecular weight is 803 g/mol. The SMILES string of the molecule is C=C/C=C(\C=C)c1ccc(N(c2ccc(-c3ccc4c(c3)c3ccccc3n4-c3ccccc3)cc2)c2cccc3c2-c2ccccc2C32c3ccccc3-c3ccccc32)cc1. The number of fused-ring (bicyclic) bond motifs is 13. The molecule has 12 rings (SSSR count). The summed E-state index contributed by atoms with van der Waals surface area (Å²) in [6, 6.07) is 78.2. The molecular formula is C61H42N2. The molecule has 1 aromatic heterocycles. The minimum Gasteiger partial charge on any atom is -0.310 e. The zero-order chi connectivity index (χ0) is 42.1. The summed E-state index contributed by atoms with van der Waals surface area (Å²) < 4.78 is 2.37. The molecule has 9 aromatic carbocycles. The van der Waals surface area contributed by atoms with Gasteiger partial charge in [-0.3, -0.25) is 0 Å². The molecule has 10 aromatic rings. The number of aromatic nitrogens is 1. The molecule has 63 heavy (non-hydrogen) atoms. The molecule has 0 fully saturated rings. The van der Waals surface area contributed by atoms with Crippen LogP contribution in [0.15, 0.2) is 244 Å². The third kappa shape index (κ3) is 5.38. The maximum Gasteiger partial charge on any atom is 0.0726 e. The molecule has 0 radical (unpaired) electrons. The fourth-order valence-electron chi connectivity index (χ4n) is 10.8. The maximum atomic E-state index is 4.09. The lowest BCUT2D eigenvalue weighted by molar-refractivity contribution is 0.794. The first-order valence-electron chi connectivity index (χ1n) is 21.7.